The van der Waals surface area contributed by atoms with Crippen LogP contribution in [0.3, 0.4) is 0 Å². The third-order valence-corrected chi connectivity index (χ3v) is 4.60. The van der Waals surface area contributed by atoms with Gasteiger partial charge in [-0.3, -0.25) is 4.79 Å². The van der Waals surface area contributed by atoms with E-state index in [4.69, 9.17) is 9.47 Å². The van der Waals surface area contributed by atoms with E-state index in [0.717, 1.165) is 58.3 Å². The molecular formula is C16H32N2O3. The van der Waals surface area contributed by atoms with Crippen LogP contribution in [0.25, 0.3) is 0 Å². The second-order valence-corrected chi connectivity index (χ2v) is 6.06. The minimum Gasteiger partial charge on any atom is -0.468 e. The molecule has 0 aliphatic heterocycles. The van der Waals surface area contributed by atoms with Crippen LogP contribution >= 0.6 is 0 Å². The zero-order valence-corrected chi connectivity index (χ0v) is 14.1. The van der Waals surface area contributed by atoms with Gasteiger partial charge in [0.05, 0.1) is 13.7 Å². The zero-order valence-electron chi connectivity index (χ0n) is 14.1. The lowest BCUT2D eigenvalue weighted by Crippen LogP contribution is -2.56. The Labute approximate surface area is 129 Å². The SMILES string of the molecule is CCCNC1(C(=O)OC)CCCC1CCN(C)CCOC. The zero-order chi connectivity index (χ0) is 15.7. The minimum absolute atomic E-state index is 0.0852. The lowest BCUT2D eigenvalue weighted by molar-refractivity contribution is -0.150. The molecule has 1 aliphatic carbocycles. The molecule has 0 heterocycles. The Balaban J connectivity index is 2.62. The van der Waals surface area contributed by atoms with Gasteiger partial charge in [0.1, 0.15) is 5.54 Å². The molecule has 0 aromatic carbocycles. The topological polar surface area (TPSA) is 50.8 Å². The summed E-state index contributed by atoms with van der Waals surface area (Å²) in [6.07, 6.45) is 5.14. The van der Waals surface area contributed by atoms with Crippen molar-refractivity contribution in [1.29, 1.82) is 0 Å². The van der Waals surface area contributed by atoms with Crippen LogP contribution in [0.15, 0.2) is 0 Å². The van der Waals surface area contributed by atoms with Crippen molar-refractivity contribution < 1.29 is 14.3 Å². The summed E-state index contributed by atoms with van der Waals surface area (Å²) in [4.78, 5) is 14.6. The van der Waals surface area contributed by atoms with Crippen LogP contribution in [-0.2, 0) is 14.3 Å². The van der Waals surface area contributed by atoms with E-state index in [2.05, 4.69) is 24.2 Å². The van der Waals surface area contributed by atoms with Gasteiger partial charge in [-0.1, -0.05) is 13.3 Å². The Morgan fingerprint density at radius 3 is 2.76 bits per heavy atom. The highest BCUT2D eigenvalue weighted by Gasteiger charge is 2.49. The Hall–Kier alpha value is -0.650. The first kappa shape index (κ1) is 18.4. The van der Waals surface area contributed by atoms with Crippen molar-refractivity contribution in [2.24, 2.45) is 5.92 Å². The van der Waals surface area contributed by atoms with Gasteiger partial charge in [0.2, 0.25) is 0 Å². The molecule has 0 spiro atoms. The molecule has 21 heavy (non-hydrogen) atoms. The molecule has 2 unspecified atom stereocenters. The molecule has 124 valence electrons. The first-order valence-corrected chi connectivity index (χ1v) is 8.11. The van der Waals surface area contributed by atoms with Crippen molar-refractivity contribution in [1.82, 2.24) is 10.2 Å². The summed E-state index contributed by atoms with van der Waals surface area (Å²) in [5.74, 6) is 0.277. The summed E-state index contributed by atoms with van der Waals surface area (Å²) in [6.45, 7) is 5.65. The van der Waals surface area contributed by atoms with Gasteiger partial charge in [-0.25, -0.2) is 0 Å². The molecule has 5 nitrogen and oxygen atoms in total. The first-order valence-electron chi connectivity index (χ1n) is 8.11. The van der Waals surface area contributed by atoms with Crippen LogP contribution < -0.4 is 5.32 Å². The highest BCUT2D eigenvalue weighted by Crippen LogP contribution is 2.39. The second-order valence-electron chi connectivity index (χ2n) is 6.06. The fourth-order valence-corrected chi connectivity index (χ4v) is 3.31. The van der Waals surface area contributed by atoms with E-state index in [1.54, 1.807) is 7.11 Å². The molecule has 1 rings (SSSR count). The van der Waals surface area contributed by atoms with Crippen LogP contribution in [0.1, 0.15) is 39.0 Å². The molecule has 1 fully saturated rings. The average molecular weight is 300 g/mol. The molecule has 0 aromatic heterocycles. The monoisotopic (exact) mass is 300 g/mol. The van der Waals surface area contributed by atoms with Crippen LogP contribution in [0.2, 0.25) is 0 Å². The maximum Gasteiger partial charge on any atom is 0.326 e. The largest absolute Gasteiger partial charge is 0.468 e. The van der Waals surface area contributed by atoms with E-state index in [9.17, 15) is 4.79 Å². The molecular weight excluding hydrogens is 268 g/mol. The smallest absolute Gasteiger partial charge is 0.326 e. The number of hydrogen-bond acceptors (Lipinski definition) is 5. The highest BCUT2D eigenvalue weighted by molar-refractivity contribution is 5.81. The van der Waals surface area contributed by atoms with E-state index in [-0.39, 0.29) is 5.97 Å². The maximum atomic E-state index is 12.4. The summed E-state index contributed by atoms with van der Waals surface area (Å²) in [7, 11) is 5.33. The normalized spacial score (nSPS) is 25.5. The highest BCUT2D eigenvalue weighted by atomic mass is 16.5. The molecule has 2 atom stereocenters. The number of carbonyl (C=O) groups excluding carboxylic acids is 1. The third kappa shape index (κ3) is 4.94. The summed E-state index contributed by atoms with van der Waals surface area (Å²) in [5.41, 5.74) is -0.465. The van der Waals surface area contributed by atoms with Gasteiger partial charge in [-0.2, -0.15) is 0 Å². The predicted molar refractivity (Wildman–Crippen MR) is 84.4 cm³/mol. The van der Waals surface area contributed by atoms with E-state index < -0.39 is 5.54 Å². The fraction of sp³-hybridized carbons (Fsp3) is 0.938. The number of likely N-dealkylation sites (N-methyl/N-ethyl adjacent to an activating group) is 1. The third-order valence-electron chi connectivity index (χ3n) is 4.60. The van der Waals surface area contributed by atoms with Crippen LogP contribution in [0, 0.1) is 5.92 Å². The van der Waals surface area contributed by atoms with Crippen molar-refractivity contribution in [2.75, 3.05) is 47.5 Å². The van der Waals surface area contributed by atoms with Gasteiger partial charge >= 0.3 is 5.97 Å². The molecule has 5 heteroatoms. The van der Waals surface area contributed by atoms with E-state index in [1.807, 2.05) is 0 Å². The summed E-state index contributed by atoms with van der Waals surface area (Å²) >= 11 is 0. The standard InChI is InChI=1S/C16H32N2O3/c1-5-10-17-16(15(19)21-4)9-6-7-14(16)8-11-18(2)12-13-20-3/h14,17H,5-13H2,1-4H3. The van der Waals surface area contributed by atoms with Gasteiger partial charge in [-0.05, 0) is 51.7 Å². The first-order chi connectivity index (χ1) is 10.1. The average Bonchev–Trinajstić information content (AvgIpc) is 2.91. The van der Waals surface area contributed by atoms with Gasteiger partial charge < -0.3 is 19.7 Å². The molecule has 0 bridgehead atoms. The number of carbonyl (C=O) groups is 1. The van der Waals surface area contributed by atoms with E-state index >= 15 is 0 Å². The Kier molecular flexibility index (Phi) is 8.22. The molecule has 0 radical (unpaired) electrons. The van der Waals surface area contributed by atoms with Crippen molar-refractivity contribution in [3.05, 3.63) is 0 Å². The number of nitrogens with one attached hydrogen (secondary N) is 1. The summed E-state index contributed by atoms with van der Waals surface area (Å²) in [5, 5.41) is 3.49. The lowest BCUT2D eigenvalue weighted by Gasteiger charge is -2.34. The number of rotatable bonds is 10. The molecule has 1 N–H and O–H groups in total. The van der Waals surface area contributed by atoms with Gasteiger partial charge in [0.15, 0.2) is 0 Å². The number of nitrogens with zero attached hydrogens (tertiary/aromatic N) is 1. The van der Waals surface area contributed by atoms with Gasteiger partial charge in [0.25, 0.3) is 0 Å². The van der Waals surface area contributed by atoms with E-state index in [1.165, 1.54) is 7.11 Å². The maximum absolute atomic E-state index is 12.4. The molecule has 1 saturated carbocycles. The second kappa shape index (κ2) is 9.38. The Bertz CT molecular complexity index is 312. The molecule has 1 aliphatic rings. The summed E-state index contributed by atoms with van der Waals surface area (Å²) in [6, 6.07) is 0. The van der Waals surface area contributed by atoms with E-state index in [0.29, 0.717) is 5.92 Å². The summed E-state index contributed by atoms with van der Waals surface area (Å²) < 4.78 is 10.2. The van der Waals surface area contributed by atoms with Crippen molar-refractivity contribution >= 4 is 5.97 Å². The quantitative estimate of drug-likeness (QED) is 0.622. The Morgan fingerprint density at radius 2 is 2.14 bits per heavy atom. The molecule has 0 amide bonds. The number of ether oxygens (including phenoxy) is 2. The van der Waals surface area contributed by atoms with Crippen LogP contribution in [0.5, 0.6) is 0 Å². The lowest BCUT2D eigenvalue weighted by atomic mass is 9.84. The van der Waals surface area contributed by atoms with Gasteiger partial charge in [0, 0.05) is 13.7 Å². The van der Waals surface area contributed by atoms with Crippen molar-refractivity contribution in [3.8, 4) is 0 Å². The molecule has 0 aromatic rings. The van der Waals surface area contributed by atoms with Crippen molar-refractivity contribution in [2.45, 2.75) is 44.6 Å². The number of hydrogen-bond donors (Lipinski definition) is 1. The number of methoxy groups -OCH3 is 2. The van der Waals surface area contributed by atoms with Crippen molar-refractivity contribution in [3.63, 3.8) is 0 Å². The fourth-order valence-electron chi connectivity index (χ4n) is 3.31. The van der Waals surface area contributed by atoms with Gasteiger partial charge in [-0.15, -0.1) is 0 Å². The Morgan fingerprint density at radius 1 is 1.38 bits per heavy atom. The van der Waals surface area contributed by atoms with Crippen LogP contribution in [0.4, 0.5) is 0 Å². The predicted octanol–water partition coefficient (Wildman–Crippen LogP) is 1.67. The van der Waals surface area contributed by atoms with Crippen LogP contribution in [-0.4, -0.2) is 63.9 Å². The molecule has 0 saturated heterocycles. The minimum atomic E-state index is -0.465. The number of esters is 1.